The van der Waals surface area contributed by atoms with E-state index in [0.29, 0.717) is 6.04 Å². The molecule has 0 amide bonds. The minimum Gasteiger partial charge on any atom is -0.327 e. The quantitative estimate of drug-likeness (QED) is 0.829. The lowest BCUT2D eigenvalue weighted by molar-refractivity contribution is 0.447. The van der Waals surface area contributed by atoms with Gasteiger partial charge in [0.05, 0.1) is 0 Å². The van der Waals surface area contributed by atoms with Crippen LogP contribution in [0.1, 0.15) is 55.2 Å². The summed E-state index contributed by atoms with van der Waals surface area (Å²) < 4.78 is 0. The number of rotatable bonds is 5. The van der Waals surface area contributed by atoms with E-state index in [4.69, 9.17) is 5.73 Å². The third-order valence-corrected chi connectivity index (χ3v) is 4.20. The summed E-state index contributed by atoms with van der Waals surface area (Å²) in [5, 5.41) is 0. The van der Waals surface area contributed by atoms with E-state index in [1.165, 1.54) is 55.2 Å². The van der Waals surface area contributed by atoms with Crippen molar-refractivity contribution in [2.75, 3.05) is 0 Å². The fourth-order valence-electron chi connectivity index (χ4n) is 3.34. The van der Waals surface area contributed by atoms with Crippen LogP contribution in [0.2, 0.25) is 0 Å². The van der Waals surface area contributed by atoms with Crippen molar-refractivity contribution >= 4 is 0 Å². The fraction of sp³-hybridized carbons (Fsp3) is 0.647. The largest absolute Gasteiger partial charge is 0.327 e. The summed E-state index contributed by atoms with van der Waals surface area (Å²) in [6.45, 7) is 4.33. The van der Waals surface area contributed by atoms with Gasteiger partial charge in [0.1, 0.15) is 0 Å². The standard InChI is InChI=1S/C17H27N/c1-13-9-14(2)11-16(10-13)12-17(18)8-7-15-5-3-4-6-15/h9-11,15,17H,3-8,12,18H2,1-2H3. The molecule has 2 N–H and O–H groups in total. The van der Waals surface area contributed by atoms with Gasteiger partial charge in [-0.05, 0) is 44.6 Å². The first-order chi connectivity index (χ1) is 8.63. The Kier molecular flexibility index (Phi) is 4.82. The van der Waals surface area contributed by atoms with Crippen molar-refractivity contribution < 1.29 is 0 Å². The monoisotopic (exact) mass is 245 g/mol. The van der Waals surface area contributed by atoms with Crippen LogP contribution < -0.4 is 5.73 Å². The number of hydrogen-bond donors (Lipinski definition) is 1. The van der Waals surface area contributed by atoms with E-state index < -0.39 is 0 Å². The summed E-state index contributed by atoms with van der Waals surface area (Å²) in [4.78, 5) is 0. The van der Waals surface area contributed by atoms with Gasteiger partial charge in [0.2, 0.25) is 0 Å². The van der Waals surface area contributed by atoms with Gasteiger partial charge in [-0.3, -0.25) is 0 Å². The molecule has 0 saturated heterocycles. The van der Waals surface area contributed by atoms with Crippen molar-refractivity contribution in [2.24, 2.45) is 11.7 Å². The lowest BCUT2D eigenvalue weighted by Crippen LogP contribution is -2.23. The molecular weight excluding hydrogens is 218 g/mol. The molecule has 1 atom stereocenters. The normalized spacial score (nSPS) is 18.2. The Hall–Kier alpha value is -0.820. The first-order valence-corrected chi connectivity index (χ1v) is 7.46. The Balaban J connectivity index is 1.80. The van der Waals surface area contributed by atoms with Crippen molar-refractivity contribution in [1.29, 1.82) is 0 Å². The first kappa shape index (κ1) is 13.6. The SMILES string of the molecule is Cc1cc(C)cc(CC(N)CCC2CCCC2)c1. The van der Waals surface area contributed by atoms with E-state index in [2.05, 4.69) is 32.0 Å². The highest BCUT2D eigenvalue weighted by Gasteiger charge is 2.16. The third-order valence-electron chi connectivity index (χ3n) is 4.20. The maximum absolute atomic E-state index is 6.28. The molecule has 1 aliphatic rings. The Morgan fingerprint density at radius 2 is 1.72 bits per heavy atom. The van der Waals surface area contributed by atoms with E-state index in [1.54, 1.807) is 0 Å². The highest BCUT2D eigenvalue weighted by molar-refractivity contribution is 5.29. The molecule has 0 spiro atoms. The molecule has 1 heteroatoms. The highest BCUT2D eigenvalue weighted by Crippen LogP contribution is 2.29. The van der Waals surface area contributed by atoms with E-state index in [-0.39, 0.29) is 0 Å². The third kappa shape index (κ3) is 4.13. The van der Waals surface area contributed by atoms with Gasteiger partial charge in [-0.25, -0.2) is 0 Å². The van der Waals surface area contributed by atoms with Crippen LogP contribution in [0, 0.1) is 19.8 Å². The number of hydrogen-bond acceptors (Lipinski definition) is 1. The van der Waals surface area contributed by atoms with Crippen molar-refractivity contribution in [3.63, 3.8) is 0 Å². The molecule has 1 aromatic rings. The minimum atomic E-state index is 0.340. The van der Waals surface area contributed by atoms with Gasteiger partial charge in [-0.2, -0.15) is 0 Å². The van der Waals surface area contributed by atoms with E-state index in [0.717, 1.165) is 12.3 Å². The van der Waals surface area contributed by atoms with Crippen LogP contribution in [-0.2, 0) is 6.42 Å². The smallest absolute Gasteiger partial charge is 0.00794 e. The minimum absolute atomic E-state index is 0.340. The molecule has 1 nitrogen and oxygen atoms in total. The van der Waals surface area contributed by atoms with Gasteiger partial charge in [-0.15, -0.1) is 0 Å². The number of aryl methyl sites for hydroxylation is 2. The van der Waals surface area contributed by atoms with Crippen molar-refractivity contribution in [1.82, 2.24) is 0 Å². The fourth-order valence-corrected chi connectivity index (χ4v) is 3.34. The second-order valence-corrected chi connectivity index (χ2v) is 6.19. The molecule has 1 aromatic carbocycles. The molecular formula is C17H27N. The molecule has 2 rings (SSSR count). The zero-order valence-corrected chi connectivity index (χ0v) is 11.9. The lowest BCUT2D eigenvalue weighted by Gasteiger charge is -2.15. The summed E-state index contributed by atoms with van der Waals surface area (Å²) in [6, 6.07) is 7.13. The van der Waals surface area contributed by atoms with Gasteiger partial charge in [-0.1, -0.05) is 55.0 Å². The van der Waals surface area contributed by atoms with E-state index >= 15 is 0 Å². The molecule has 18 heavy (non-hydrogen) atoms. The van der Waals surface area contributed by atoms with Crippen molar-refractivity contribution in [3.05, 3.63) is 34.9 Å². The summed E-state index contributed by atoms with van der Waals surface area (Å²) in [5.41, 5.74) is 10.4. The second kappa shape index (κ2) is 6.38. The molecule has 0 radical (unpaired) electrons. The summed E-state index contributed by atoms with van der Waals surface area (Å²) >= 11 is 0. The zero-order chi connectivity index (χ0) is 13.0. The van der Waals surface area contributed by atoms with Crippen molar-refractivity contribution in [2.45, 2.75) is 64.8 Å². The molecule has 1 fully saturated rings. The van der Waals surface area contributed by atoms with Crippen LogP contribution in [0.3, 0.4) is 0 Å². The maximum Gasteiger partial charge on any atom is 0.00794 e. The average molecular weight is 245 g/mol. The Morgan fingerprint density at radius 1 is 1.11 bits per heavy atom. The van der Waals surface area contributed by atoms with E-state index in [1.807, 2.05) is 0 Å². The molecule has 1 unspecified atom stereocenters. The molecule has 1 aliphatic carbocycles. The average Bonchev–Trinajstić information content (AvgIpc) is 2.77. The Morgan fingerprint density at radius 3 is 2.33 bits per heavy atom. The van der Waals surface area contributed by atoms with Crippen LogP contribution in [0.4, 0.5) is 0 Å². The zero-order valence-electron chi connectivity index (χ0n) is 11.9. The maximum atomic E-state index is 6.28. The Bertz CT molecular complexity index is 357. The summed E-state index contributed by atoms with van der Waals surface area (Å²) in [6.07, 6.45) is 9.33. The number of nitrogens with two attached hydrogens (primary N) is 1. The lowest BCUT2D eigenvalue weighted by atomic mass is 9.94. The predicted octanol–water partition coefficient (Wildman–Crippen LogP) is 4.14. The molecule has 1 saturated carbocycles. The molecule has 0 aromatic heterocycles. The van der Waals surface area contributed by atoms with Gasteiger partial charge >= 0.3 is 0 Å². The summed E-state index contributed by atoms with van der Waals surface area (Å²) in [7, 11) is 0. The second-order valence-electron chi connectivity index (χ2n) is 6.19. The molecule has 100 valence electrons. The van der Waals surface area contributed by atoms with Crippen LogP contribution in [0.25, 0.3) is 0 Å². The van der Waals surface area contributed by atoms with Crippen LogP contribution in [-0.4, -0.2) is 6.04 Å². The van der Waals surface area contributed by atoms with Crippen molar-refractivity contribution in [3.8, 4) is 0 Å². The molecule has 0 aliphatic heterocycles. The van der Waals surface area contributed by atoms with Gasteiger partial charge < -0.3 is 5.73 Å². The first-order valence-electron chi connectivity index (χ1n) is 7.46. The molecule has 0 heterocycles. The van der Waals surface area contributed by atoms with Crippen LogP contribution in [0.5, 0.6) is 0 Å². The number of benzene rings is 1. The van der Waals surface area contributed by atoms with Crippen LogP contribution >= 0.6 is 0 Å². The molecule has 0 bridgehead atoms. The van der Waals surface area contributed by atoms with Crippen LogP contribution in [0.15, 0.2) is 18.2 Å². The van der Waals surface area contributed by atoms with Gasteiger partial charge in [0, 0.05) is 6.04 Å². The van der Waals surface area contributed by atoms with E-state index in [9.17, 15) is 0 Å². The highest BCUT2D eigenvalue weighted by atomic mass is 14.6. The van der Waals surface area contributed by atoms with Gasteiger partial charge in [0.25, 0.3) is 0 Å². The summed E-state index contributed by atoms with van der Waals surface area (Å²) in [5.74, 6) is 0.968. The van der Waals surface area contributed by atoms with Gasteiger partial charge in [0.15, 0.2) is 0 Å². The Labute approximate surface area is 112 Å². The topological polar surface area (TPSA) is 26.0 Å². The predicted molar refractivity (Wildman–Crippen MR) is 78.8 cm³/mol.